The highest BCUT2D eigenvalue weighted by Crippen LogP contribution is 2.36. The van der Waals surface area contributed by atoms with Crippen LogP contribution >= 0.6 is 11.8 Å². The fourth-order valence-corrected chi connectivity index (χ4v) is 3.61. The van der Waals surface area contributed by atoms with Crippen molar-refractivity contribution in [2.24, 2.45) is 5.92 Å². The number of hydrogen-bond donors (Lipinski definition) is 1. The quantitative estimate of drug-likeness (QED) is 0.832. The largest absolute Gasteiger partial charge is 0.311 e. The van der Waals surface area contributed by atoms with Crippen LogP contribution in [0.15, 0.2) is 0 Å². The first-order valence-corrected chi connectivity index (χ1v) is 8.05. The summed E-state index contributed by atoms with van der Waals surface area (Å²) >= 11 is 2.10. The van der Waals surface area contributed by atoms with E-state index in [0.29, 0.717) is 10.8 Å². The monoisotopic (exact) mass is 256 g/mol. The van der Waals surface area contributed by atoms with Crippen molar-refractivity contribution >= 4 is 11.8 Å². The highest BCUT2D eigenvalue weighted by atomic mass is 32.2. The molecule has 3 heteroatoms. The van der Waals surface area contributed by atoms with Gasteiger partial charge in [-0.2, -0.15) is 11.8 Å². The van der Waals surface area contributed by atoms with Crippen molar-refractivity contribution in [1.29, 1.82) is 0 Å². The standard InChI is InChI=1S/C14H28N2S/c1-11-10-16(7-8-17-14(2,3)4)13(9-15-11)12-5-6-12/h11-13,15H,5-10H2,1-4H3. The maximum Gasteiger partial charge on any atom is 0.0249 e. The molecule has 0 amide bonds. The number of piperazine rings is 1. The Hall–Kier alpha value is 0.270. The Morgan fingerprint density at radius 1 is 1.29 bits per heavy atom. The van der Waals surface area contributed by atoms with E-state index in [2.05, 4.69) is 49.7 Å². The number of nitrogens with zero attached hydrogens (tertiary/aromatic N) is 1. The van der Waals surface area contributed by atoms with Gasteiger partial charge in [-0.1, -0.05) is 20.8 Å². The summed E-state index contributed by atoms with van der Waals surface area (Å²) in [5.74, 6) is 2.27. The fraction of sp³-hybridized carbons (Fsp3) is 1.00. The summed E-state index contributed by atoms with van der Waals surface area (Å²) in [6.07, 6.45) is 2.92. The van der Waals surface area contributed by atoms with Gasteiger partial charge in [-0.15, -0.1) is 0 Å². The molecule has 2 rings (SSSR count). The van der Waals surface area contributed by atoms with Gasteiger partial charge in [0.25, 0.3) is 0 Å². The lowest BCUT2D eigenvalue weighted by Crippen LogP contribution is -2.56. The van der Waals surface area contributed by atoms with Gasteiger partial charge in [-0.3, -0.25) is 4.90 Å². The topological polar surface area (TPSA) is 15.3 Å². The molecule has 1 aliphatic carbocycles. The number of nitrogens with one attached hydrogen (secondary N) is 1. The van der Waals surface area contributed by atoms with Gasteiger partial charge in [-0.05, 0) is 25.7 Å². The Labute approximate surface area is 111 Å². The van der Waals surface area contributed by atoms with Crippen LogP contribution in [0.5, 0.6) is 0 Å². The van der Waals surface area contributed by atoms with Gasteiger partial charge in [0.1, 0.15) is 0 Å². The van der Waals surface area contributed by atoms with Crippen LogP contribution in [0, 0.1) is 5.92 Å². The molecule has 0 aromatic rings. The minimum atomic E-state index is 0.411. The molecule has 17 heavy (non-hydrogen) atoms. The number of thioether (sulfide) groups is 1. The average molecular weight is 256 g/mol. The van der Waals surface area contributed by atoms with Crippen molar-refractivity contribution in [3.8, 4) is 0 Å². The normalized spacial score (nSPS) is 31.8. The lowest BCUT2D eigenvalue weighted by atomic mass is 10.1. The molecular formula is C14H28N2S. The zero-order chi connectivity index (χ0) is 12.5. The van der Waals surface area contributed by atoms with Gasteiger partial charge in [0.05, 0.1) is 0 Å². The second kappa shape index (κ2) is 5.50. The molecule has 2 atom stereocenters. The third kappa shape index (κ3) is 4.46. The van der Waals surface area contributed by atoms with E-state index in [0.717, 1.165) is 12.0 Å². The fourth-order valence-electron chi connectivity index (χ4n) is 2.67. The average Bonchev–Trinajstić information content (AvgIpc) is 2.99. The van der Waals surface area contributed by atoms with Crippen molar-refractivity contribution in [2.75, 3.05) is 25.4 Å². The second-order valence-corrected chi connectivity index (χ2v) is 8.59. The molecular weight excluding hydrogens is 228 g/mol. The Balaban J connectivity index is 1.78. The van der Waals surface area contributed by atoms with E-state index in [4.69, 9.17) is 0 Å². The first kappa shape index (κ1) is 13.7. The van der Waals surface area contributed by atoms with E-state index < -0.39 is 0 Å². The predicted octanol–water partition coefficient (Wildman–Crippen LogP) is 2.59. The second-order valence-electron chi connectivity index (χ2n) is 6.67. The summed E-state index contributed by atoms with van der Waals surface area (Å²) in [5, 5.41) is 3.64. The van der Waals surface area contributed by atoms with Gasteiger partial charge in [0.15, 0.2) is 0 Å². The van der Waals surface area contributed by atoms with E-state index in [1.807, 2.05) is 0 Å². The molecule has 100 valence electrons. The zero-order valence-corrected chi connectivity index (χ0v) is 12.6. The van der Waals surface area contributed by atoms with Crippen LogP contribution in [0.4, 0.5) is 0 Å². The first-order chi connectivity index (χ1) is 7.96. The van der Waals surface area contributed by atoms with Crippen molar-refractivity contribution in [2.45, 2.75) is 57.4 Å². The van der Waals surface area contributed by atoms with Crippen LogP contribution in [0.3, 0.4) is 0 Å². The summed E-state index contributed by atoms with van der Waals surface area (Å²) < 4.78 is 0.411. The van der Waals surface area contributed by atoms with Crippen molar-refractivity contribution < 1.29 is 0 Å². The maximum atomic E-state index is 3.64. The SMILES string of the molecule is CC1CN(CCSC(C)(C)C)C(C2CC2)CN1. The molecule has 0 spiro atoms. The van der Waals surface area contributed by atoms with Crippen molar-refractivity contribution in [3.05, 3.63) is 0 Å². The first-order valence-electron chi connectivity index (χ1n) is 7.07. The van der Waals surface area contributed by atoms with Crippen LogP contribution in [-0.2, 0) is 0 Å². The molecule has 1 aliphatic heterocycles. The predicted molar refractivity (Wildman–Crippen MR) is 77.8 cm³/mol. The number of rotatable bonds is 4. The lowest BCUT2D eigenvalue weighted by molar-refractivity contribution is 0.128. The summed E-state index contributed by atoms with van der Waals surface area (Å²) in [5.41, 5.74) is 0. The van der Waals surface area contributed by atoms with Crippen LogP contribution in [-0.4, -0.2) is 47.1 Å². The van der Waals surface area contributed by atoms with Crippen LogP contribution in [0.1, 0.15) is 40.5 Å². The lowest BCUT2D eigenvalue weighted by Gasteiger charge is -2.40. The Bertz CT molecular complexity index is 245. The van der Waals surface area contributed by atoms with Crippen LogP contribution in [0.2, 0.25) is 0 Å². The highest BCUT2D eigenvalue weighted by Gasteiger charge is 2.37. The third-order valence-corrected chi connectivity index (χ3v) is 4.99. The van der Waals surface area contributed by atoms with E-state index >= 15 is 0 Å². The van der Waals surface area contributed by atoms with Gasteiger partial charge in [-0.25, -0.2) is 0 Å². The van der Waals surface area contributed by atoms with Crippen molar-refractivity contribution in [3.63, 3.8) is 0 Å². The molecule has 1 N–H and O–H groups in total. The smallest absolute Gasteiger partial charge is 0.0249 e. The van der Waals surface area contributed by atoms with Gasteiger partial charge in [0.2, 0.25) is 0 Å². The van der Waals surface area contributed by atoms with Gasteiger partial charge in [0, 0.05) is 42.2 Å². The summed E-state index contributed by atoms with van der Waals surface area (Å²) in [6, 6.07) is 1.50. The number of hydrogen-bond acceptors (Lipinski definition) is 3. The van der Waals surface area contributed by atoms with Crippen molar-refractivity contribution in [1.82, 2.24) is 10.2 Å². The zero-order valence-electron chi connectivity index (χ0n) is 11.8. The third-order valence-electron chi connectivity index (χ3n) is 3.73. The molecule has 1 saturated heterocycles. The summed E-state index contributed by atoms with van der Waals surface area (Å²) in [4.78, 5) is 2.75. The minimum Gasteiger partial charge on any atom is -0.311 e. The molecule has 0 aromatic carbocycles. The maximum absolute atomic E-state index is 3.64. The Morgan fingerprint density at radius 3 is 2.59 bits per heavy atom. The molecule has 2 fully saturated rings. The Kier molecular flexibility index (Phi) is 4.43. The van der Waals surface area contributed by atoms with E-state index in [-0.39, 0.29) is 0 Å². The van der Waals surface area contributed by atoms with Gasteiger partial charge < -0.3 is 5.32 Å². The van der Waals surface area contributed by atoms with E-state index in [1.165, 1.54) is 38.2 Å². The van der Waals surface area contributed by atoms with Crippen LogP contribution in [0.25, 0.3) is 0 Å². The van der Waals surface area contributed by atoms with E-state index in [9.17, 15) is 0 Å². The van der Waals surface area contributed by atoms with E-state index in [1.54, 1.807) is 0 Å². The molecule has 1 heterocycles. The molecule has 0 radical (unpaired) electrons. The molecule has 0 aromatic heterocycles. The van der Waals surface area contributed by atoms with Gasteiger partial charge >= 0.3 is 0 Å². The Morgan fingerprint density at radius 2 is 2.00 bits per heavy atom. The summed E-state index contributed by atoms with van der Waals surface area (Å²) in [7, 11) is 0. The molecule has 0 bridgehead atoms. The molecule has 2 aliphatic rings. The highest BCUT2D eigenvalue weighted by molar-refractivity contribution is 8.00. The molecule has 2 unspecified atom stereocenters. The van der Waals surface area contributed by atoms with Crippen LogP contribution < -0.4 is 5.32 Å². The molecule has 2 nitrogen and oxygen atoms in total. The minimum absolute atomic E-state index is 0.411. The molecule has 1 saturated carbocycles. The summed E-state index contributed by atoms with van der Waals surface area (Å²) in [6.45, 7) is 13.0.